The number of hydrogen-bond acceptors (Lipinski definition) is 4. The van der Waals surface area contributed by atoms with Gasteiger partial charge in [0.05, 0.1) is 12.2 Å². The van der Waals surface area contributed by atoms with E-state index in [9.17, 15) is 4.79 Å². The molecule has 0 bridgehead atoms. The zero-order valence-electron chi connectivity index (χ0n) is 15.6. The van der Waals surface area contributed by atoms with Crippen molar-refractivity contribution in [2.75, 3.05) is 5.32 Å². The molecule has 0 atom stereocenters. The smallest absolute Gasteiger partial charge is 0.255 e. The van der Waals surface area contributed by atoms with Gasteiger partial charge in [-0.3, -0.25) is 4.79 Å². The van der Waals surface area contributed by atoms with Crippen molar-refractivity contribution in [1.82, 2.24) is 14.8 Å². The molecule has 5 nitrogen and oxygen atoms in total. The molecule has 1 N–H and O–H groups in total. The van der Waals surface area contributed by atoms with Crippen molar-refractivity contribution in [3.63, 3.8) is 0 Å². The number of rotatable bonds is 6. The molecule has 0 aliphatic carbocycles. The molecule has 0 unspecified atom stereocenters. The third kappa shape index (κ3) is 5.02. The number of hydrogen-bond donors (Lipinski definition) is 1. The first-order chi connectivity index (χ1) is 14.6. The van der Waals surface area contributed by atoms with E-state index in [2.05, 4.69) is 15.4 Å². The second-order valence-corrected chi connectivity index (χ2v) is 8.15. The maximum absolute atomic E-state index is 12.6. The van der Waals surface area contributed by atoms with E-state index in [1.165, 1.54) is 11.8 Å². The minimum absolute atomic E-state index is 0.175. The maximum Gasteiger partial charge on any atom is 0.255 e. The summed E-state index contributed by atoms with van der Waals surface area (Å²) in [5.74, 6) is -0.241. The molecule has 0 spiro atoms. The maximum atomic E-state index is 12.6. The van der Waals surface area contributed by atoms with Gasteiger partial charge in [-0.2, -0.15) is 4.98 Å². The van der Waals surface area contributed by atoms with E-state index < -0.39 is 0 Å². The second-order valence-electron chi connectivity index (χ2n) is 6.37. The van der Waals surface area contributed by atoms with Crippen molar-refractivity contribution in [2.45, 2.75) is 16.6 Å². The Morgan fingerprint density at radius 1 is 0.967 bits per heavy atom. The predicted octanol–water partition coefficient (Wildman–Crippen LogP) is 6.04. The van der Waals surface area contributed by atoms with Crippen LogP contribution >= 0.6 is 35.0 Å². The SMILES string of the molecule is O=C(Nc1ccccc1Sc1nc(Cl)nn1Cc1ccccc1)c1cccc(Cl)c1. The van der Waals surface area contributed by atoms with Gasteiger partial charge in [-0.05, 0) is 59.3 Å². The van der Waals surface area contributed by atoms with Gasteiger partial charge in [0.2, 0.25) is 5.28 Å². The topological polar surface area (TPSA) is 59.8 Å². The van der Waals surface area contributed by atoms with Crippen LogP contribution in [0.3, 0.4) is 0 Å². The average Bonchev–Trinajstić information content (AvgIpc) is 3.08. The van der Waals surface area contributed by atoms with E-state index in [0.717, 1.165) is 10.5 Å². The molecule has 8 heteroatoms. The minimum Gasteiger partial charge on any atom is -0.321 e. The van der Waals surface area contributed by atoms with Crippen molar-refractivity contribution in [3.05, 3.63) is 100 Å². The Hall–Kier alpha value is -2.80. The Morgan fingerprint density at radius 2 is 1.73 bits per heavy atom. The first-order valence-corrected chi connectivity index (χ1v) is 10.6. The lowest BCUT2D eigenvalue weighted by Crippen LogP contribution is -2.12. The van der Waals surface area contributed by atoms with Crippen LogP contribution in [-0.2, 0) is 6.54 Å². The lowest BCUT2D eigenvalue weighted by Gasteiger charge is -2.11. The molecule has 0 aliphatic heterocycles. The fourth-order valence-corrected chi connectivity index (χ4v) is 4.14. The summed E-state index contributed by atoms with van der Waals surface area (Å²) in [5, 5.41) is 8.56. The van der Waals surface area contributed by atoms with Gasteiger partial charge in [0.25, 0.3) is 5.91 Å². The predicted molar refractivity (Wildman–Crippen MR) is 121 cm³/mol. The molecule has 4 aromatic rings. The molecule has 150 valence electrons. The van der Waals surface area contributed by atoms with Crippen molar-refractivity contribution in [3.8, 4) is 0 Å². The van der Waals surface area contributed by atoms with Crippen molar-refractivity contribution < 1.29 is 4.79 Å². The summed E-state index contributed by atoms with van der Waals surface area (Å²) in [7, 11) is 0. The Kier molecular flexibility index (Phi) is 6.38. The van der Waals surface area contributed by atoms with Crippen LogP contribution in [0.4, 0.5) is 5.69 Å². The van der Waals surface area contributed by atoms with Gasteiger partial charge in [0.1, 0.15) is 0 Å². The number of amides is 1. The van der Waals surface area contributed by atoms with Gasteiger partial charge < -0.3 is 5.32 Å². The number of carbonyl (C=O) groups is 1. The van der Waals surface area contributed by atoms with Crippen LogP contribution in [0.5, 0.6) is 0 Å². The third-order valence-electron chi connectivity index (χ3n) is 4.21. The van der Waals surface area contributed by atoms with Gasteiger partial charge in [0, 0.05) is 15.5 Å². The van der Waals surface area contributed by atoms with Crippen LogP contribution in [0.15, 0.2) is 88.9 Å². The summed E-state index contributed by atoms with van der Waals surface area (Å²) >= 11 is 13.5. The molecule has 1 amide bonds. The van der Waals surface area contributed by atoms with Gasteiger partial charge in [-0.25, -0.2) is 4.68 Å². The lowest BCUT2D eigenvalue weighted by atomic mass is 10.2. The average molecular weight is 455 g/mol. The van der Waals surface area contributed by atoms with Crippen LogP contribution in [0.25, 0.3) is 0 Å². The fourth-order valence-electron chi connectivity index (χ4n) is 2.82. The quantitative estimate of drug-likeness (QED) is 0.385. The van der Waals surface area contributed by atoms with E-state index >= 15 is 0 Å². The van der Waals surface area contributed by atoms with Gasteiger partial charge >= 0.3 is 0 Å². The molecule has 4 rings (SSSR count). The highest BCUT2D eigenvalue weighted by Crippen LogP contribution is 2.33. The standard InChI is InChI=1S/C22H16Cl2N4OS/c23-17-10-6-9-16(13-17)20(29)25-18-11-4-5-12-19(18)30-22-26-21(24)27-28(22)14-15-7-2-1-3-8-15/h1-13H,14H2,(H,25,29). The Labute approximate surface area is 188 Å². The molecule has 1 aromatic heterocycles. The molecule has 30 heavy (non-hydrogen) atoms. The summed E-state index contributed by atoms with van der Waals surface area (Å²) in [6.45, 7) is 0.542. The number of nitrogens with zero attached hydrogens (tertiary/aromatic N) is 3. The molecule has 0 saturated heterocycles. The highest BCUT2D eigenvalue weighted by molar-refractivity contribution is 7.99. The molecule has 0 radical (unpaired) electrons. The van der Waals surface area contributed by atoms with Gasteiger partial charge in [-0.15, -0.1) is 5.10 Å². The number of carbonyl (C=O) groups excluding carboxylic acids is 1. The highest BCUT2D eigenvalue weighted by Gasteiger charge is 2.15. The number of para-hydroxylation sites is 1. The van der Waals surface area contributed by atoms with Gasteiger partial charge in [0.15, 0.2) is 5.16 Å². The number of aromatic nitrogens is 3. The third-order valence-corrected chi connectivity index (χ3v) is 5.67. The Bertz CT molecular complexity index is 1180. The number of halogens is 2. The van der Waals surface area contributed by atoms with E-state index in [0.29, 0.717) is 28.0 Å². The zero-order valence-corrected chi connectivity index (χ0v) is 18.0. The molecule has 1 heterocycles. The first kappa shape index (κ1) is 20.5. The minimum atomic E-state index is -0.241. The number of nitrogens with one attached hydrogen (secondary N) is 1. The fraction of sp³-hybridized carbons (Fsp3) is 0.0455. The van der Waals surface area contributed by atoms with Crippen LogP contribution < -0.4 is 5.32 Å². The van der Waals surface area contributed by atoms with Crippen molar-refractivity contribution >= 4 is 46.6 Å². The molecule has 0 fully saturated rings. The van der Waals surface area contributed by atoms with Crippen LogP contribution in [0.2, 0.25) is 10.3 Å². The van der Waals surface area contributed by atoms with Crippen LogP contribution in [0, 0.1) is 0 Å². The largest absolute Gasteiger partial charge is 0.321 e. The Morgan fingerprint density at radius 3 is 2.53 bits per heavy atom. The molecular weight excluding hydrogens is 439 g/mol. The summed E-state index contributed by atoms with van der Waals surface area (Å²) < 4.78 is 1.75. The van der Waals surface area contributed by atoms with E-state index in [4.69, 9.17) is 23.2 Å². The van der Waals surface area contributed by atoms with E-state index in [-0.39, 0.29) is 11.2 Å². The number of benzene rings is 3. The first-order valence-electron chi connectivity index (χ1n) is 9.06. The monoisotopic (exact) mass is 454 g/mol. The van der Waals surface area contributed by atoms with Gasteiger partial charge in [-0.1, -0.05) is 60.1 Å². The molecular formula is C22H16Cl2N4OS. The summed E-state index contributed by atoms with van der Waals surface area (Å²) in [4.78, 5) is 17.8. The summed E-state index contributed by atoms with van der Waals surface area (Å²) in [5.41, 5.74) is 2.24. The lowest BCUT2D eigenvalue weighted by molar-refractivity contribution is 0.102. The molecule has 0 saturated carbocycles. The number of anilines is 1. The van der Waals surface area contributed by atoms with E-state index in [1.54, 1.807) is 28.9 Å². The highest BCUT2D eigenvalue weighted by atomic mass is 35.5. The summed E-state index contributed by atoms with van der Waals surface area (Å²) in [6.07, 6.45) is 0. The zero-order chi connectivity index (χ0) is 20.9. The normalized spacial score (nSPS) is 10.7. The van der Waals surface area contributed by atoms with E-state index in [1.807, 2.05) is 54.6 Å². The second kappa shape index (κ2) is 9.34. The van der Waals surface area contributed by atoms with Crippen molar-refractivity contribution in [2.24, 2.45) is 0 Å². The van der Waals surface area contributed by atoms with Crippen LogP contribution in [-0.4, -0.2) is 20.7 Å². The van der Waals surface area contributed by atoms with Crippen LogP contribution in [0.1, 0.15) is 15.9 Å². The van der Waals surface area contributed by atoms with Crippen molar-refractivity contribution in [1.29, 1.82) is 0 Å². The molecule has 0 aliphatic rings. The molecule has 3 aromatic carbocycles. The Balaban J connectivity index is 1.57. The summed E-state index contributed by atoms with van der Waals surface area (Å²) in [6, 6.07) is 24.3.